The van der Waals surface area contributed by atoms with Crippen LogP contribution in [-0.2, 0) is 0 Å². The van der Waals surface area contributed by atoms with E-state index in [0.717, 1.165) is 42.1 Å². The molecule has 0 saturated heterocycles. The predicted octanol–water partition coefficient (Wildman–Crippen LogP) is 4.61. The maximum absolute atomic E-state index is 6.37. The van der Waals surface area contributed by atoms with E-state index in [1.165, 1.54) is 0 Å². The van der Waals surface area contributed by atoms with Crippen LogP contribution in [0.25, 0.3) is 11.4 Å². The highest BCUT2D eigenvalue weighted by Crippen LogP contribution is 2.29. The van der Waals surface area contributed by atoms with Gasteiger partial charge in [-0.25, -0.2) is 4.98 Å². The molecular weight excluding hydrogens is 372 g/mol. The van der Waals surface area contributed by atoms with Gasteiger partial charge in [-0.2, -0.15) is 4.98 Å². The Labute approximate surface area is 171 Å². The third kappa shape index (κ3) is 5.41. The van der Waals surface area contributed by atoms with Crippen LogP contribution in [0.3, 0.4) is 0 Å². The summed E-state index contributed by atoms with van der Waals surface area (Å²) >= 11 is 6.37. The molecule has 0 aliphatic heterocycles. The molecule has 3 aromatic rings. The van der Waals surface area contributed by atoms with Crippen molar-refractivity contribution in [1.29, 1.82) is 0 Å². The zero-order chi connectivity index (χ0) is 19.9. The highest BCUT2D eigenvalue weighted by atomic mass is 35.5. The molecule has 3 rings (SSSR count). The Bertz CT molecular complexity index is 894. The minimum atomic E-state index is 0.564. The van der Waals surface area contributed by atoms with E-state index in [1.54, 1.807) is 6.20 Å². The monoisotopic (exact) mass is 396 g/mol. The number of benzene rings is 1. The molecule has 0 radical (unpaired) electrons. The summed E-state index contributed by atoms with van der Waals surface area (Å²) in [7, 11) is 4.12. The lowest BCUT2D eigenvalue weighted by molar-refractivity contribution is 0.405. The van der Waals surface area contributed by atoms with Crippen molar-refractivity contribution in [3.05, 3.63) is 59.2 Å². The van der Waals surface area contributed by atoms with E-state index in [4.69, 9.17) is 11.6 Å². The first-order valence-electron chi connectivity index (χ1n) is 9.24. The maximum atomic E-state index is 6.37. The number of hydrogen-bond acceptors (Lipinski definition) is 6. The van der Waals surface area contributed by atoms with Gasteiger partial charge in [-0.3, -0.25) is 4.98 Å². The summed E-state index contributed by atoms with van der Waals surface area (Å²) in [5.41, 5.74) is 3.43. The number of nitrogens with one attached hydrogen (secondary N) is 2. The Balaban J connectivity index is 1.89. The van der Waals surface area contributed by atoms with Crippen LogP contribution in [0.4, 0.5) is 17.5 Å². The fourth-order valence-corrected chi connectivity index (χ4v) is 3.02. The number of aryl methyl sites for hydroxylation is 1. The van der Waals surface area contributed by atoms with Crippen molar-refractivity contribution >= 4 is 29.1 Å². The van der Waals surface area contributed by atoms with Crippen LogP contribution in [0.5, 0.6) is 0 Å². The molecule has 0 atom stereocenters. The van der Waals surface area contributed by atoms with Gasteiger partial charge in [-0.1, -0.05) is 29.8 Å². The number of nitrogens with zero attached hydrogens (tertiary/aromatic N) is 4. The molecule has 2 aromatic heterocycles. The van der Waals surface area contributed by atoms with E-state index in [1.807, 2.05) is 49.4 Å². The lowest BCUT2D eigenvalue weighted by atomic mass is 10.2. The van der Waals surface area contributed by atoms with Gasteiger partial charge < -0.3 is 15.5 Å². The maximum Gasteiger partial charge on any atom is 0.225 e. The van der Waals surface area contributed by atoms with Gasteiger partial charge in [0, 0.05) is 18.8 Å². The van der Waals surface area contributed by atoms with E-state index < -0.39 is 0 Å². The van der Waals surface area contributed by atoms with Gasteiger partial charge in [0.25, 0.3) is 0 Å². The average Bonchev–Trinajstić information content (AvgIpc) is 2.69. The van der Waals surface area contributed by atoms with Crippen molar-refractivity contribution in [1.82, 2.24) is 19.9 Å². The molecule has 0 saturated carbocycles. The van der Waals surface area contributed by atoms with Crippen LogP contribution in [0, 0.1) is 6.92 Å². The quantitative estimate of drug-likeness (QED) is 0.542. The van der Waals surface area contributed by atoms with Crippen molar-refractivity contribution in [3.8, 4) is 11.4 Å². The van der Waals surface area contributed by atoms with Crippen molar-refractivity contribution < 1.29 is 0 Å². The topological polar surface area (TPSA) is 66.0 Å². The first-order valence-corrected chi connectivity index (χ1v) is 9.62. The predicted molar refractivity (Wildman–Crippen MR) is 116 cm³/mol. The van der Waals surface area contributed by atoms with E-state index in [0.29, 0.717) is 16.8 Å². The number of halogens is 1. The number of hydrogen-bond donors (Lipinski definition) is 2. The van der Waals surface area contributed by atoms with Gasteiger partial charge in [-0.05, 0) is 57.7 Å². The number of pyridine rings is 1. The van der Waals surface area contributed by atoms with Crippen molar-refractivity contribution in [2.24, 2.45) is 0 Å². The summed E-state index contributed by atoms with van der Waals surface area (Å²) in [6.45, 7) is 3.79. The number of rotatable bonds is 8. The summed E-state index contributed by atoms with van der Waals surface area (Å²) < 4.78 is 0. The van der Waals surface area contributed by atoms with Crippen LogP contribution in [0.15, 0.2) is 48.7 Å². The average molecular weight is 397 g/mol. The Morgan fingerprint density at radius 1 is 1.04 bits per heavy atom. The van der Waals surface area contributed by atoms with Gasteiger partial charge in [0.1, 0.15) is 5.82 Å². The zero-order valence-corrected chi connectivity index (χ0v) is 17.2. The summed E-state index contributed by atoms with van der Waals surface area (Å²) in [6, 6.07) is 13.4. The first kappa shape index (κ1) is 20.0. The highest BCUT2D eigenvalue weighted by molar-refractivity contribution is 6.33. The zero-order valence-electron chi connectivity index (χ0n) is 16.4. The molecule has 0 aliphatic carbocycles. The number of aromatic nitrogens is 3. The van der Waals surface area contributed by atoms with Gasteiger partial charge in [0.15, 0.2) is 0 Å². The third-order valence-electron chi connectivity index (χ3n) is 4.19. The Morgan fingerprint density at radius 2 is 1.89 bits per heavy atom. The largest absolute Gasteiger partial charge is 0.354 e. The smallest absolute Gasteiger partial charge is 0.225 e. The summed E-state index contributed by atoms with van der Waals surface area (Å²) in [4.78, 5) is 15.8. The molecule has 0 fully saturated rings. The molecule has 0 unspecified atom stereocenters. The molecule has 0 spiro atoms. The minimum absolute atomic E-state index is 0.564. The normalized spacial score (nSPS) is 10.9. The fraction of sp³-hybridized carbons (Fsp3) is 0.286. The molecule has 0 aliphatic rings. The lowest BCUT2D eigenvalue weighted by Gasteiger charge is -2.14. The van der Waals surface area contributed by atoms with Crippen molar-refractivity contribution in [2.75, 3.05) is 37.8 Å². The van der Waals surface area contributed by atoms with E-state index in [9.17, 15) is 0 Å². The second-order valence-electron chi connectivity index (χ2n) is 6.82. The van der Waals surface area contributed by atoms with Crippen LogP contribution in [0.2, 0.25) is 5.02 Å². The Hall–Kier alpha value is -2.70. The van der Waals surface area contributed by atoms with E-state index in [2.05, 4.69) is 44.6 Å². The second-order valence-corrected chi connectivity index (χ2v) is 7.22. The molecule has 0 bridgehead atoms. The van der Waals surface area contributed by atoms with Crippen LogP contribution < -0.4 is 10.6 Å². The van der Waals surface area contributed by atoms with Crippen molar-refractivity contribution in [3.63, 3.8) is 0 Å². The van der Waals surface area contributed by atoms with Crippen molar-refractivity contribution in [2.45, 2.75) is 13.3 Å². The molecule has 1 aromatic carbocycles. The SMILES string of the molecule is Cc1cccc(Cl)c1Nc1cc(-c2ccccn2)nc(NCCCN(C)C)n1. The Morgan fingerprint density at radius 3 is 2.61 bits per heavy atom. The molecule has 7 heteroatoms. The molecule has 0 amide bonds. The molecule has 146 valence electrons. The minimum Gasteiger partial charge on any atom is -0.354 e. The molecule has 28 heavy (non-hydrogen) atoms. The molecule has 2 heterocycles. The van der Waals surface area contributed by atoms with E-state index in [-0.39, 0.29) is 0 Å². The molecule has 6 nitrogen and oxygen atoms in total. The van der Waals surface area contributed by atoms with Gasteiger partial charge in [-0.15, -0.1) is 0 Å². The van der Waals surface area contributed by atoms with Gasteiger partial charge in [0.2, 0.25) is 5.95 Å². The van der Waals surface area contributed by atoms with Crippen LogP contribution in [0.1, 0.15) is 12.0 Å². The van der Waals surface area contributed by atoms with E-state index >= 15 is 0 Å². The third-order valence-corrected chi connectivity index (χ3v) is 4.51. The summed E-state index contributed by atoms with van der Waals surface area (Å²) in [5, 5.41) is 7.31. The number of anilines is 3. The molecule has 2 N–H and O–H groups in total. The van der Waals surface area contributed by atoms with Gasteiger partial charge >= 0.3 is 0 Å². The summed E-state index contributed by atoms with van der Waals surface area (Å²) in [6.07, 6.45) is 2.75. The second kappa shape index (κ2) is 9.48. The summed E-state index contributed by atoms with van der Waals surface area (Å²) in [5.74, 6) is 1.23. The standard InChI is InChI=1S/C21H25ClN6/c1-15-8-6-9-16(22)20(15)26-19-14-18(17-10-4-5-11-23-17)25-21(27-19)24-12-7-13-28(2)3/h4-6,8-11,14H,7,12-13H2,1-3H3,(H2,24,25,26,27). The first-order chi connectivity index (χ1) is 13.5. The Kier molecular flexibility index (Phi) is 6.79. The lowest BCUT2D eigenvalue weighted by Crippen LogP contribution is -2.17. The molecular formula is C21H25ClN6. The highest BCUT2D eigenvalue weighted by Gasteiger charge is 2.10. The van der Waals surface area contributed by atoms with Gasteiger partial charge in [0.05, 0.1) is 22.1 Å². The van der Waals surface area contributed by atoms with Crippen LogP contribution in [-0.4, -0.2) is 47.0 Å². The number of para-hydroxylation sites is 1. The van der Waals surface area contributed by atoms with Crippen LogP contribution >= 0.6 is 11.6 Å². The fourth-order valence-electron chi connectivity index (χ4n) is 2.75.